The third-order valence-electron chi connectivity index (χ3n) is 6.38. The number of piperidine rings is 1. The number of nitrogens with zero attached hydrogens (tertiary/aromatic N) is 3. The summed E-state index contributed by atoms with van der Waals surface area (Å²) in [6.45, 7) is 3.84. The van der Waals surface area contributed by atoms with Crippen molar-refractivity contribution >= 4 is 6.21 Å². The Kier molecular flexibility index (Phi) is 5.47. The minimum Gasteiger partial charge on any atom is -0.371 e. The average Bonchev–Trinajstić information content (AvgIpc) is 2.50. The first kappa shape index (κ1) is 18.7. The molecule has 2 aliphatic heterocycles. The van der Waals surface area contributed by atoms with Crippen molar-refractivity contribution < 1.29 is 13.2 Å². The van der Waals surface area contributed by atoms with E-state index in [1.165, 1.54) is 0 Å². The lowest BCUT2D eigenvalue weighted by Crippen LogP contribution is -2.53. The van der Waals surface area contributed by atoms with Crippen molar-refractivity contribution in [1.82, 2.24) is 9.80 Å². The number of aliphatic imine (C=N–C) groups is 1. The second kappa shape index (κ2) is 7.29. The maximum Gasteiger partial charge on any atom is 0.395 e. The van der Waals surface area contributed by atoms with Gasteiger partial charge in [-0.3, -0.25) is 4.99 Å². The molecule has 0 aromatic rings. The number of rotatable bonds is 5. The molecule has 1 unspecified atom stereocenters. The number of halogens is 3. The van der Waals surface area contributed by atoms with Crippen molar-refractivity contribution in [1.29, 1.82) is 0 Å². The summed E-state index contributed by atoms with van der Waals surface area (Å²) in [5.74, 6) is 0.633. The lowest BCUT2D eigenvalue weighted by molar-refractivity contribution is -0.256. The topological polar surface area (TPSA) is 18.8 Å². The molecule has 0 N–H and O–H groups in total. The van der Waals surface area contributed by atoms with E-state index in [1.54, 1.807) is 0 Å². The highest BCUT2D eigenvalue weighted by Crippen LogP contribution is 2.53. The highest BCUT2D eigenvalue weighted by atomic mass is 19.4. The lowest BCUT2D eigenvalue weighted by Gasteiger charge is -2.47. The number of alkyl halides is 3. The van der Waals surface area contributed by atoms with Crippen LogP contribution in [-0.4, -0.2) is 54.9 Å². The second-order valence-corrected chi connectivity index (χ2v) is 8.21. The van der Waals surface area contributed by atoms with Crippen LogP contribution >= 0.6 is 0 Å². The normalized spacial score (nSPS) is 28.0. The molecule has 6 heteroatoms. The molecule has 0 aromatic heterocycles. The van der Waals surface area contributed by atoms with E-state index in [2.05, 4.69) is 28.0 Å². The van der Waals surface area contributed by atoms with E-state index >= 15 is 0 Å². The lowest BCUT2D eigenvalue weighted by atomic mass is 9.67. The van der Waals surface area contributed by atoms with Gasteiger partial charge in [0.1, 0.15) is 0 Å². The van der Waals surface area contributed by atoms with Crippen molar-refractivity contribution in [3.05, 3.63) is 11.9 Å². The maximum atomic E-state index is 13.3. The first-order valence-corrected chi connectivity index (χ1v) is 9.53. The summed E-state index contributed by atoms with van der Waals surface area (Å²) in [5.41, 5.74) is -0.382. The summed E-state index contributed by atoms with van der Waals surface area (Å²) in [5, 5.41) is 0. The van der Waals surface area contributed by atoms with Gasteiger partial charge >= 0.3 is 6.18 Å². The number of hydrogen-bond acceptors (Lipinski definition) is 3. The molecule has 0 bridgehead atoms. The quantitative estimate of drug-likeness (QED) is 0.723. The van der Waals surface area contributed by atoms with Crippen LogP contribution in [0.4, 0.5) is 13.2 Å². The molecule has 1 atom stereocenters. The molecule has 25 heavy (non-hydrogen) atoms. The largest absolute Gasteiger partial charge is 0.395 e. The Morgan fingerprint density at radius 1 is 1.20 bits per heavy atom. The Balaban J connectivity index is 1.41. The molecule has 3 rings (SSSR count). The monoisotopic (exact) mass is 357 g/mol. The van der Waals surface area contributed by atoms with Crippen LogP contribution in [0, 0.1) is 11.3 Å². The second-order valence-electron chi connectivity index (χ2n) is 8.21. The number of likely N-dealkylation sites (tertiary alicyclic amines) is 1. The summed E-state index contributed by atoms with van der Waals surface area (Å²) in [6.07, 6.45) is 5.66. The smallest absolute Gasteiger partial charge is 0.371 e. The van der Waals surface area contributed by atoms with Crippen molar-refractivity contribution in [2.75, 3.05) is 26.7 Å². The predicted molar refractivity (Wildman–Crippen MR) is 94.5 cm³/mol. The fourth-order valence-corrected chi connectivity index (χ4v) is 4.41. The predicted octanol–water partition coefficient (Wildman–Crippen LogP) is 4.46. The van der Waals surface area contributed by atoms with Gasteiger partial charge in [0.15, 0.2) is 0 Å². The summed E-state index contributed by atoms with van der Waals surface area (Å²) in [7, 11) is 2.08. The minimum absolute atomic E-state index is 0.214. The van der Waals surface area contributed by atoms with E-state index in [4.69, 9.17) is 0 Å². The first-order chi connectivity index (χ1) is 11.8. The van der Waals surface area contributed by atoms with Crippen LogP contribution in [-0.2, 0) is 0 Å². The van der Waals surface area contributed by atoms with Crippen LogP contribution in [0.5, 0.6) is 0 Å². The van der Waals surface area contributed by atoms with Gasteiger partial charge in [0, 0.05) is 26.0 Å². The van der Waals surface area contributed by atoms with Crippen molar-refractivity contribution in [2.24, 2.45) is 16.3 Å². The first-order valence-electron chi connectivity index (χ1n) is 9.53. The van der Waals surface area contributed by atoms with Gasteiger partial charge < -0.3 is 9.80 Å². The van der Waals surface area contributed by atoms with Gasteiger partial charge in [-0.1, -0.05) is 6.42 Å². The molecule has 0 radical (unpaired) electrons. The molecule has 1 aliphatic carbocycles. The van der Waals surface area contributed by atoms with Crippen LogP contribution < -0.4 is 0 Å². The third-order valence-corrected chi connectivity index (χ3v) is 6.38. The summed E-state index contributed by atoms with van der Waals surface area (Å²) in [6, 6.07) is 0.352. The van der Waals surface area contributed by atoms with Gasteiger partial charge in [-0.25, -0.2) is 0 Å². The van der Waals surface area contributed by atoms with E-state index in [0.717, 1.165) is 50.9 Å². The maximum absolute atomic E-state index is 13.3. The number of hydrogen-bond donors (Lipinski definition) is 0. The SMILES string of the molecule is CC1=CN(C)C(CCC2CCN(CC3(C(F)(F)F)CCC3)CC2)C=N1. The molecule has 3 nitrogen and oxygen atoms in total. The molecule has 142 valence electrons. The minimum atomic E-state index is -4.04. The molecule has 1 saturated carbocycles. The van der Waals surface area contributed by atoms with Gasteiger partial charge in [-0.2, -0.15) is 13.2 Å². The molecule has 2 heterocycles. The average molecular weight is 357 g/mol. The highest BCUT2D eigenvalue weighted by molar-refractivity contribution is 5.67. The van der Waals surface area contributed by atoms with Gasteiger partial charge in [0.05, 0.1) is 17.2 Å². The summed E-state index contributed by atoms with van der Waals surface area (Å²) >= 11 is 0. The molecular formula is C19H30F3N3. The zero-order valence-corrected chi connectivity index (χ0v) is 15.4. The van der Waals surface area contributed by atoms with Gasteiger partial charge in [0.25, 0.3) is 0 Å². The van der Waals surface area contributed by atoms with Crippen LogP contribution in [0.3, 0.4) is 0 Å². The third kappa shape index (κ3) is 4.21. The molecular weight excluding hydrogens is 327 g/mol. The Labute approximate surface area is 149 Å². The van der Waals surface area contributed by atoms with Crippen LogP contribution in [0.15, 0.2) is 16.9 Å². The van der Waals surface area contributed by atoms with Gasteiger partial charge in [-0.05, 0) is 64.5 Å². The van der Waals surface area contributed by atoms with E-state index in [1.807, 2.05) is 13.1 Å². The van der Waals surface area contributed by atoms with Gasteiger partial charge in [0.2, 0.25) is 0 Å². The number of allylic oxidation sites excluding steroid dienone is 1. The highest BCUT2D eigenvalue weighted by Gasteiger charge is 2.58. The van der Waals surface area contributed by atoms with Gasteiger partial charge in [-0.15, -0.1) is 0 Å². The van der Waals surface area contributed by atoms with E-state index in [9.17, 15) is 13.2 Å². The zero-order chi connectivity index (χ0) is 18.1. The van der Waals surface area contributed by atoms with Crippen LogP contribution in [0.1, 0.15) is 51.9 Å². The molecule has 1 saturated heterocycles. The Bertz CT molecular complexity index is 514. The Morgan fingerprint density at radius 3 is 2.40 bits per heavy atom. The van der Waals surface area contributed by atoms with Crippen LogP contribution in [0.2, 0.25) is 0 Å². The summed E-state index contributed by atoms with van der Waals surface area (Å²) in [4.78, 5) is 8.66. The fourth-order valence-electron chi connectivity index (χ4n) is 4.41. The molecule has 0 amide bonds. The fraction of sp³-hybridized carbons (Fsp3) is 0.842. The van der Waals surface area contributed by atoms with E-state index in [0.29, 0.717) is 24.8 Å². The summed E-state index contributed by atoms with van der Waals surface area (Å²) < 4.78 is 40.0. The zero-order valence-electron chi connectivity index (χ0n) is 15.4. The van der Waals surface area contributed by atoms with Crippen LogP contribution in [0.25, 0.3) is 0 Å². The standard InChI is InChI=1S/C19H30F3N3/c1-15-13-24(2)17(12-23-15)5-4-16-6-10-25(11-7-16)14-18(8-3-9-18)19(20,21)22/h12-13,16-17H,3-11,14H2,1-2H3. The molecule has 3 aliphatic rings. The van der Waals surface area contributed by atoms with Crippen molar-refractivity contribution in [3.63, 3.8) is 0 Å². The Morgan fingerprint density at radius 2 is 1.88 bits per heavy atom. The van der Waals surface area contributed by atoms with Crippen molar-refractivity contribution in [3.8, 4) is 0 Å². The van der Waals surface area contributed by atoms with E-state index < -0.39 is 11.6 Å². The van der Waals surface area contributed by atoms with E-state index in [-0.39, 0.29) is 6.54 Å². The Hall–Kier alpha value is -1.04. The molecule has 0 aromatic carbocycles. The molecule has 2 fully saturated rings. The molecule has 0 spiro atoms. The van der Waals surface area contributed by atoms with Crippen molar-refractivity contribution in [2.45, 2.75) is 64.1 Å².